The van der Waals surface area contributed by atoms with Gasteiger partial charge in [-0.05, 0) is 97.8 Å². The number of rotatable bonds is 6. The first-order valence-corrected chi connectivity index (χ1v) is 17.2. The number of benzene rings is 3. The van der Waals surface area contributed by atoms with Gasteiger partial charge in [0, 0.05) is 24.7 Å². The van der Waals surface area contributed by atoms with Crippen molar-refractivity contribution >= 4 is 33.4 Å². The standard InChI is InChI=1S/C37H37N7O5/c45-26-15-22-5-1-2-6-27(22)29(17-26)23-7-10-28-31(16-23)39-36(49-21-37-11-3-13-43(37)14-4-12-37)40-32(28)42-19-24-8-9-25(20-42)44(24)34(47)30-18-38-35(48)41-33(30)46/h1-2,5-7,10,15-18,24-25,45H,3-4,8-9,11-14,19-21H2,(H2,38,41,46,48). The van der Waals surface area contributed by atoms with Crippen LogP contribution in [0.25, 0.3) is 32.8 Å². The molecule has 12 heteroatoms. The molecule has 12 nitrogen and oxygen atoms in total. The number of aromatic amines is 2. The molecular formula is C37H37N7O5. The summed E-state index contributed by atoms with van der Waals surface area (Å²) in [5.74, 6) is 0.580. The second-order valence-corrected chi connectivity index (χ2v) is 14.0. The number of phenolic OH excluding ortho intramolecular Hbond substituents is 1. The Morgan fingerprint density at radius 1 is 0.959 bits per heavy atom. The summed E-state index contributed by atoms with van der Waals surface area (Å²) in [6.45, 7) is 3.81. The first-order valence-electron chi connectivity index (χ1n) is 17.2. The molecule has 0 spiro atoms. The first kappa shape index (κ1) is 29.9. The normalized spacial score (nSPS) is 21.5. The molecule has 0 saturated carbocycles. The summed E-state index contributed by atoms with van der Waals surface area (Å²) in [5.41, 5.74) is 1.22. The maximum atomic E-state index is 13.6. The van der Waals surface area contributed by atoms with Gasteiger partial charge < -0.3 is 24.6 Å². The van der Waals surface area contributed by atoms with Crippen LogP contribution in [0.2, 0.25) is 0 Å². The summed E-state index contributed by atoms with van der Waals surface area (Å²) in [4.78, 5) is 58.9. The predicted molar refractivity (Wildman–Crippen MR) is 185 cm³/mol. The van der Waals surface area contributed by atoms with Crippen molar-refractivity contribution in [2.24, 2.45) is 0 Å². The fraction of sp³-hybridized carbons (Fsp3) is 0.378. The lowest BCUT2D eigenvalue weighted by atomic mass is 9.95. The first-order chi connectivity index (χ1) is 23.8. The molecule has 49 heavy (non-hydrogen) atoms. The van der Waals surface area contributed by atoms with Gasteiger partial charge in [-0.1, -0.05) is 30.3 Å². The topological polar surface area (TPSA) is 148 Å². The maximum Gasteiger partial charge on any atom is 0.325 e. The van der Waals surface area contributed by atoms with E-state index in [1.54, 1.807) is 17.0 Å². The fourth-order valence-electron chi connectivity index (χ4n) is 8.87. The van der Waals surface area contributed by atoms with Gasteiger partial charge in [-0.2, -0.15) is 9.97 Å². The zero-order valence-electron chi connectivity index (χ0n) is 27.0. The highest BCUT2D eigenvalue weighted by Crippen LogP contribution is 2.41. The minimum Gasteiger partial charge on any atom is -0.508 e. The minimum absolute atomic E-state index is 0.0332. The summed E-state index contributed by atoms with van der Waals surface area (Å²) < 4.78 is 6.52. The van der Waals surface area contributed by atoms with E-state index in [0.29, 0.717) is 25.7 Å². The monoisotopic (exact) mass is 659 g/mol. The lowest BCUT2D eigenvalue weighted by molar-refractivity contribution is 0.0638. The Morgan fingerprint density at radius 2 is 1.73 bits per heavy atom. The Hall–Kier alpha value is -5.23. The number of nitrogens with one attached hydrogen (secondary N) is 2. The van der Waals surface area contributed by atoms with Crippen LogP contribution in [0.5, 0.6) is 11.8 Å². The molecular weight excluding hydrogens is 622 g/mol. The molecule has 6 heterocycles. The van der Waals surface area contributed by atoms with E-state index < -0.39 is 11.2 Å². The molecule has 2 atom stereocenters. The summed E-state index contributed by atoms with van der Waals surface area (Å²) in [6, 6.07) is 17.8. The van der Waals surface area contributed by atoms with Gasteiger partial charge in [0.2, 0.25) is 0 Å². The van der Waals surface area contributed by atoms with E-state index in [1.807, 2.05) is 36.4 Å². The van der Waals surface area contributed by atoms with Crippen LogP contribution in [0.3, 0.4) is 0 Å². The number of carbonyl (C=O) groups excluding carboxylic acids is 1. The van der Waals surface area contributed by atoms with Gasteiger partial charge in [-0.15, -0.1) is 0 Å². The second kappa shape index (κ2) is 11.4. The quantitative estimate of drug-likeness (QED) is 0.246. The van der Waals surface area contributed by atoms with Crippen LogP contribution in [0.15, 0.2) is 70.4 Å². The molecule has 5 aromatic rings. The highest BCUT2D eigenvalue weighted by Gasteiger charge is 2.46. The van der Waals surface area contributed by atoms with Crippen LogP contribution in [0, 0.1) is 0 Å². The SMILES string of the molecule is O=C(c1c[nH]c(=O)[nH]c1=O)N1C2CCC1CN(c1nc(OCC34CCCN3CCC4)nc3cc(-c4cc(O)cc5ccccc45)ccc13)C2. The van der Waals surface area contributed by atoms with Crippen LogP contribution < -0.4 is 20.9 Å². The highest BCUT2D eigenvalue weighted by atomic mass is 16.5. The molecule has 2 aromatic heterocycles. The smallest absolute Gasteiger partial charge is 0.325 e. The minimum atomic E-state index is -0.683. The second-order valence-electron chi connectivity index (χ2n) is 14.0. The Morgan fingerprint density at radius 3 is 2.51 bits per heavy atom. The number of piperazine rings is 1. The fourth-order valence-corrected chi connectivity index (χ4v) is 8.87. The average molecular weight is 660 g/mol. The number of aromatic nitrogens is 4. The van der Waals surface area contributed by atoms with Gasteiger partial charge >= 0.3 is 11.7 Å². The Bertz CT molecular complexity index is 2220. The van der Waals surface area contributed by atoms with Crippen molar-refractivity contribution in [3.05, 3.63) is 87.2 Å². The van der Waals surface area contributed by atoms with Gasteiger partial charge in [0.1, 0.15) is 23.7 Å². The molecule has 3 aromatic carbocycles. The Balaban J connectivity index is 1.09. The number of carbonyl (C=O) groups is 1. The van der Waals surface area contributed by atoms with Gasteiger partial charge in [-0.25, -0.2) is 4.79 Å². The van der Waals surface area contributed by atoms with Crippen molar-refractivity contribution in [1.82, 2.24) is 29.7 Å². The number of hydrogen-bond acceptors (Lipinski definition) is 9. The Labute approximate surface area is 281 Å². The molecule has 4 aliphatic rings. The molecule has 2 bridgehead atoms. The number of amides is 1. The van der Waals surface area contributed by atoms with Crippen LogP contribution in [-0.4, -0.2) is 91.2 Å². The lowest BCUT2D eigenvalue weighted by Crippen LogP contribution is -2.57. The third kappa shape index (κ3) is 5.04. The molecule has 1 amide bonds. The molecule has 4 aliphatic heterocycles. The highest BCUT2D eigenvalue weighted by molar-refractivity contribution is 6.01. The van der Waals surface area contributed by atoms with Gasteiger partial charge in [0.15, 0.2) is 0 Å². The van der Waals surface area contributed by atoms with Crippen molar-refractivity contribution in [1.29, 1.82) is 0 Å². The van der Waals surface area contributed by atoms with E-state index in [-0.39, 0.29) is 34.8 Å². The molecule has 250 valence electrons. The summed E-state index contributed by atoms with van der Waals surface area (Å²) in [5, 5.41) is 13.4. The van der Waals surface area contributed by atoms with Crippen molar-refractivity contribution < 1.29 is 14.6 Å². The molecule has 3 N–H and O–H groups in total. The number of fused-ring (bicyclic) bond motifs is 5. The number of H-pyrrole nitrogens is 2. The largest absolute Gasteiger partial charge is 0.508 e. The van der Waals surface area contributed by atoms with Crippen molar-refractivity contribution in [3.8, 4) is 22.9 Å². The van der Waals surface area contributed by atoms with Crippen LogP contribution in [0.4, 0.5) is 5.82 Å². The third-order valence-corrected chi connectivity index (χ3v) is 11.2. The van der Waals surface area contributed by atoms with E-state index in [1.165, 1.54) is 19.0 Å². The third-order valence-electron chi connectivity index (χ3n) is 11.2. The molecule has 0 aliphatic carbocycles. The van der Waals surface area contributed by atoms with E-state index in [2.05, 4.69) is 25.8 Å². The van der Waals surface area contributed by atoms with Crippen molar-refractivity contribution in [2.45, 2.75) is 56.1 Å². The van der Waals surface area contributed by atoms with E-state index >= 15 is 0 Å². The summed E-state index contributed by atoms with van der Waals surface area (Å²) >= 11 is 0. The predicted octanol–water partition coefficient (Wildman–Crippen LogP) is 4.03. The van der Waals surface area contributed by atoms with E-state index in [0.717, 1.165) is 77.4 Å². The number of anilines is 1. The molecule has 9 rings (SSSR count). The van der Waals surface area contributed by atoms with Crippen LogP contribution in [0.1, 0.15) is 48.9 Å². The number of phenols is 1. The molecule has 4 fully saturated rings. The van der Waals surface area contributed by atoms with E-state index in [9.17, 15) is 19.5 Å². The van der Waals surface area contributed by atoms with Crippen molar-refractivity contribution in [2.75, 3.05) is 37.7 Å². The molecule has 4 saturated heterocycles. The van der Waals surface area contributed by atoms with Crippen LogP contribution in [-0.2, 0) is 0 Å². The molecule has 2 unspecified atom stereocenters. The van der Waals surface area contributed by atoms with Crippen LogP contribution >= 0.6 is 0 Å². The molecule has 0 radical (unpaired) electrons. The lowest BCUT2D eigenvalue weighted by Gasteiger charge is -2.41. The van der Waals surface area contributed by atoms with E-state index in [4.69, 9.17) is 14.7 Å². The maximum absolute atomic E-state index is 13.6. The van der Waals surface area contributed by atoms with Gasteiger partial charge in [0.25, 0.3) is 11.5 Å². The number of ether oxygens (including phenoxy) is 1. The number of aromatic hydroxyl groups is 1. The van der Waals surface area contributed by atoms with Gasteiger partial charge in [0.05, 0.1) is 23.1 Å². The zero-order chi connectivity index (χ0) is 33.3. The summed E-state index contributed by atoms with van der Waals surface area (Å²) in [7, 11) is 0. The summed E-state index contributed by atoms with van der Waals surface area (Å²) in [6.07, 6.45) is 7.37. The zero-order valence-corrected chi connectivity index (χ0v) is 27.0. The average Bonchev–Trinajstić information content (AvgIpc) is 3.76. The number of nitrogens with zero attached hydrogens (tertiary/aromatic N) is 5. The Kier molecular flexibility index (Phi) is 6.97. The number of hydrogen-bond donors (Lipinski definition) is 3. The van der Waals surface area contributed by atoms with Gasteiger partial charge in [-0.3, -0.25) is 19.5 Å². The van der Waals surface area contributed by atoms with Crippen molar-refractivity contribution in [3.63, 3.8) is 0 Å².